The van der Waals surface area contributed by atoms with Crippen LogP contribution in [-0.4, -0.2) is 12.3 Å². The molecule has 0 heterocycles. The van der Waals surface area contributed by atoms with Crippen molar-refractivity contribution in [2.24, 2.45) is 11.7 Å². The number of carbonyl (C=O) groups is 1. The number of ketones is 1. The molecule has 0 aliphatic rings. The standard InChI is InChI=1S/C12H16INO/c1-2-10(8-14)12(15)7-9-3-5-11(13)6-4-9/h3-6,10H,2,7-8,14H2,1H3. The predicted molar refractivity (Wildman–Crippen MR) is 70.7 cm³/mol. The van der Waals surface area contributed by atoms with E-state index in [1.165, 1.54) is 3.57 Å². The highest BCUT2D eigenvalue weighted by Crippen LogP contribution is 2.11. The number of rotatable bonds is 5. The van der Waals surface area contributed by atoms with Crippen molar-refractivity contribution in [2.45, 2.75) is 19.8 Å². The normalized spacial score (nSPS) is 12.5. The van der Waals surface area contributed by atoms with E-state index < -0.39 is 0 Å². The Balaban J connectivity index is 2.61. The van der Waals surface area contributed by atoms with Gasteiger partial charge in [-0.05, 0) is 46.7 Å². The second kappa shape index (κ2) is 6.23. The molecule has 1 aromatic rings. The van der Waals surface area contributed by atoms with Crippen LogP contribution in [0.5, 0.6) is 0 Å². The number of halogens is 1. The number of hydrogen-bond donors (Lipinski definition) is 1. The second-order valence-electron chi connectivity index (χ2n) is 3.61. The first-order valence-electron chi connectivity index (χ1n) is 5.14. The quantitative estimate of drug-likeness (QED) is 0.848. The fraction of sp³-hybridized carbons (Fsp3) is 0.417. The van der Waals surface area contributed by atoms with Gasteiger partial charge in [-0.15, -0.1) is 0 Å². The Labute approximate surface area is 104 Å². The Morgan fingerprint density at radius 1 is 1.40 bits per heavy atom. The monoisotopic (exact) mass is 317 g/mol. The zero-order valence-electron chi connectivity index (χ0n) is 8.87. The molecule has 0 bridgehead atoms. The molecule has 0 aliphatic carbocycles. The number of Topliss-reactive ketones (excluding diaryl/α,β-unsaturated/α-hetero) is 1. The molecule has 1 aromatic carbocycles. The Hall–Kier alpha value is -0.420. The van der Waals surface area contributed by atoms with Crippen LogP contribution in [0.4, 0.5) is 0 Å². The third kappa shape index (κ3) is 3.91. The summed E-state index contributed by atoms with van der Waals surface area (Å²) in [6.07, 6.45) is 1.34. The lowest BCUT2D eigenvalue weighted by atomic mass is 9.96. The molecular weight excluding hydrogens is 301 g/mol. The molecule has 0 amide bonds. The van der Waals surface area contributed by atoms with Crippen molar-refractivity contribution in [3.8, 4) is 0 Å². The van der Waals surface area contributed by atoms with Crippen molar-refractivity contribution in [3.05, 3.63) is 33.4 Å². The van der Waals surface area contributed by atoms with Crippen molar-refractivity contribution < 1.29 is 4.79 Å². The predicted octanol–water partition coefficient (Wildman–Crippen LogP) is 2.39. The summed E-state index contributed by atoms with van der Waals surface area (Å²) >= 11 is 2.25. The van der Waals surface area contributed by atoms with E-state index in [-0.39, 0.29) is 11.7 Å². The van der Waals surface area contributed by atoms with E-state index in [9.17, 15) is 4.79 Å². The fourth-order valence-corrected chi connectivity index (χ4v) is 1.83. The third-order valence-electron chi connectivity index (χ3n) is 2.52. The van der Waals surface area contributed by atoms with Gasteiger partial charge in [0.1, 0.15) is 5.78 Å². The number of carbonyl (C=O) groups excluding carboxylic acids is 1. The fourth-order valence-electron chi connectivity index (χ4n) is 1.47. The Kier molecular flexibility index (Phi) is 5.25. The molecule has 82 valence electrons. The first-order chi connectivity index (χ1) is 7.17. The average Bonchev–Trinajstić information content (AvgIpc) is 2.23. The lowest BCUT2D eigenvalue weighted by Crippen LogP contribution is -2.24. The van der Waals surface area contributed by atoms with Crippen molar-refractivity contribution in [2.75, 3.05) is 6.54 Å². The Morgan fingerprint density at radius 2 is 2.00 bits per heavy atom. The molecule has 0 spiro atoms. The van der Waals surface area contributed by atoms with Gasteiger partial charge in [-0.2, -0.15) is 0 Å². The topological polar surface area (TPSA) is 43.1 Å². The number of hydrogen-bond acceptors (Lipinski definition) is 2. The van der Waals surface area contributed by atoms with Gasteiger partial charge in [0.25, 0.3) is 0 Å². The summed E-state index contributed by atoms with van der Waals surface area (Å²) in [5.41, 5.74) is 6.62. The smallest absolute Gasteiger partial charge is 0.141 e. The van der Waals surface area contributed by atoms with Gasteiger partial charge in [0, 0.05) is 22.5 Å². The summed E-state index contributed by atoms with van der Waals surface area (Å²) in [4.78, 5) is 11.8. The van der Waals surface area contributed by atoms with E-state index in [1.54, 1.807) is 0 Å². The molecule has 1 atom stereocenters. The van der Waals surface area contributed by atoms with Gasteiger partial charge in [-0.1, -0.05) is 19.1 Å². The molecule has 2 nitrogen and oxygen atoms in total. The van der Waals surface area contributed by atoms with Gasteiger partial charge in [0.2, 0.25) is 0 Å². The van der Waals surface area contributed by atoms with Crippen LogP contribution in [0.1, 0.15) is 18.9 Å². The van der Waals surface area contributed by atoms with E-state index in [0.717, 1.165) is 12.0 Å². The van der Waals surface area contributed by atoms with E-state index in [4.69, 9.17) is 5.73 Å². The summed E-state index contributed by atoms with van der Waals surface area (Å²) in [5.74, 6) is 0.269. The molecule has 0 fully saturated rings. The van der Waals surface area contributed by atoms with Crippen LogP contribution in [0.15, 0.2) is 24.3 Å². The zero-order valence-corrected chi connectivity index (χ0v) is 11.0. The molecule has 0 saturated heterocycles. The molecule has 0 radical (unpaired) electrons. The zero-order chi connectivity index (χ0) is 11.3. The van der Waals surface area contributed by atoms with E-state index in [1.807, 2.05) is 31.2 Å². The SMILES string of the molecule is CCC(CN)C(=O)Cc1ccc(I)cc1. The highest BCUT2D eigenvalue weighted by atomic mass is 127. The number of benzene rings is 1. The van der Waals surface area contributed by atoms with Gasteiger partial charge in [0.05, 0.1) is 0 Å². The van der Waals surface area contributed by atoms with E-state index in [0.29, 0.717) is 13.0 Å². The molecule has 0 saturated carbocycles. The second-order valence-corrected chi connectivity index (χ2v) is 4.86. The largest absolute Gasteiger partial charge is 0.330 e. The van der Waals surface area contributed by atoms with Crippen LogP contribution >= 0.6 is 22.6 Å². The number of nitrogens with two attached hydrogens (primary N) is 1. The molecule has 2 N–H and O–H groups in total. The lowest BCUT2D eigenvalue weighted by molar-refractivity contribution is -0.122. The Morgan fingerprint density at radius 3 is 2.47 bits per heavy atom. The van der Waals surface area contributed by atoms with Crippen LogP contribution < -0.4 is 5.73 Å². The van der Waals surface area contributed by atoms with Crippen molar-refractivity contribution >= 4 is 28.4 Å². The summed E-state index contributed by atoms with van der Waals surface area (Å²) in [6.45, 7) is 2.46. The maximum absolute atomic E-state index is 11.8. The molecule has 0 aromatic heterocycles. The van der Waals surface area contributed by atoms with Crippen molar-refractivity contribution in [1.82, 2.24) is 0 Å². The maximum Gasteiger partial charge on any atom is 0.141 e. The minimum Gasteiger partial charge on any atom is -0.330 e. The van der Waals surface area contributed by atoms with Gasteiger partial charge in [0.15, 0.2) is 0 Å². The van der Waals surface area contributed by atoms with Gasteiger partial charge < -0.3 is 5.73 Å². The van der Waals surface area contributed by atoms with Crippen LogP contribution in [0.25, 0.3) is 0 Å². The molecule has 0 aliphatic heterocycles. The van der Waals surface area contributed by atoms with Crippen LogP contribution in [0.2, 0.25) is 0 Å². The maximum atomic E-state index is 11.8. The highest BCUT2D eigenvalue weighted by Gasteiger charge is 2.14. The van der Waals surface area contributed by atoms with Gasteiger partial charge in [-0.3, -0.25) is 4.79 Å². The molecule has 1 unspecified atom stereocenters. The summed E-state index contributed by atoms with van der Waals surface area (Å²) < 4.78 is 1.19. The Bertz CT molecular complexity index is 317. The van der Waals surface area contributed by atoms with E-state index in [2.05, 4.69) is 22.6 Å². The minimum absolute atomic E-state index is 0.0179. The van der Waals surface area contributed by atoms with E-state index >= 15 is 0 Å². The van der Waals surface area contributed by atoms with Gasteiger partial charge >= 0.3 is 0 Å². The van der Waals surface area contributed by atoms with Crippen LogP contribution in [0.3, 0.4) is 0 Å². The van der Waals surface area contributed by atoms with Crippen LogP contribution in [0, 0.1) is 9.49 Å². The van der Waals surface area contributed by atoms with Crippen molar-refractivity contribution in [1.29, 1.82) is 0 Å². The summed E-state index contributed by atoms with van der Waals surface area (Å²) in [6, 6.07) is 8.05. The van der Waals surface area contributed by atoms with Crippen LogP contribution in [-0.2, 0) is 11.2 Å². The third-order valence-corrected chi connectivity index (χ3v) is 3.24. The highest BCUT2D eigenvalue weighted by molar-refractivity contribution is 14.1. The molecule has 3 heteroatoms. The first kappa shape index (κ1) is 12.6. The van der Waals surface area contributed by atoms with Gasteiger partial charge in [-0.25, -0.2) is 0 Å². The lowest BCUT2D eigenvalue weighted by Gasteiger charge is -2.10. The average molecular weight is 317 g/mol. The first-order valence-corrected chi connectivity index (χ1v) is 6.22. The summed E-state index contributed by atoms with van der Waals surface area (Å²) in [5, 5.41) is 0. The molecular formula is C12H16INO. The summed E-state index contributed by atoms with van der Waals surface area (Å²) in [7, 11) is 0. The molecule has 15 heavy (non-hydrogen) atoms. The minimum atomic E-state index is 0.0179. The molecule has 1 rings (SSSR count). The van der Waals surface area contributed by atoms with Crippen molar-refractivity contribution in [3.63, 3.8) is 0 Å².